The Morgan fingerprint density at radius 2 is 1.85 bits per heavy atom. The summed E-state index contributed by atoms with van der Waals surface area (Å²) in [5.74, 6) is 1.43. The van der Waals surface area contributed by atoms with Crippen molar-refractivity contribution >= 4 is 28.8 Å². The van der Waals surface area contributed by atoms with Gasteiger partial charge in [-0.1, -0.05) is 0 Å². The summed E-state index contributed by atoms with van der Waals surface area (Å²) < 4.78 is 17.4. The Morgan fingerprint density at radius 1 is 1.15 bits per heavy atom. The van der Waals surface area contributed by atoms with Crippen LogP contribution in [0.2, 0.25) is 0 Å². The number of anilines is 1. The van der Waals surface area contributed by atoms with Gasteiger partial charge >= 0.3 is 0 Å². The van der Waals surface area contributed by atoms with Crippen LogP contribution in [0, 0.1) is 0 Å². The van der Waals surface area contributed by atoms with Gasteiger partial charge in [-0.2, -0.15) is 5.10 Å². The largest absolute Gasteiger partial charge is 0.493 e. The van der Waals surface area contributed by atoms with E-state index in [4.69, 9.17) is 25.8 Å². The van der Waals surface area contributed by atoms with Gasteiger partial charge < -0.3 is 19.5 Å². The molecule has 0 radical (unpaired) electrons. The van der Waals surface area contributed by atoms with Crippen LogP contribution in [0.4, 0.5) is 5.69 Å². The summed E-state index contributed by atoms with van der Waals surface area (Å²) in [7, 11) is 4.53. The van der Waals surface area contributed by atoms with Crippen molar-refractivity contribution in [1.82, 2.24) is 14.6 Å². The summed E-state index contributed by atoms with van der Waals surface area (Å²) in [6.07, 6.45) is 4.21. The van der Waals surface area contributed by atoms with E-state index in [1.165, 1.54) is 21.3 Å². The van der Waals surface area contributed by atoms with E-state index in [-0.39, 0.29) is 11.6 Å². The first kappa shape index (κ1) is 18.8. The number of aromatic nitrogens is 3. The standard InChI is InChI=1S/C18H19ClN4O4/c1-25-14-6-12(7-15(26-2)17(14)27-3)21-18(24)13-8-16-20-9-11(4-5-19)10-23(16)22-13/h6-10H,4-5H2,1-3H3,(H,21,24). The normalized spacial score (nSPS) is 10.7. The number of carbonyl (C=O) groups excluding carboxylic acids is 1. The molecule has 1 N–H and O–H groups in total. The predicted molar refractivity (Wildman–Crippen MR) is 101 cm³/mol. The number of hydrogen-bond acceptors (Lipinski definition) is 6. The van der Waals surface area contributed by atoms with Crippen LogP contribution in [0.1, 0.15) is 16.1 Å². The van der Waals surface area contributed by atoms with E-state index in [0.29, 0.717) is 40.9 Å². The third kappa shape index (κ3) is 3.90. The van der Waals surface area contributed by atoms with Gasteiger partial charge in [0.1, 0.15) is 0 Å². The number of aryl methyl sites for hydroxylation is 1. The number of carbonyl (C=O) groups is 1. The molecular weight excluding hydrogens is 372 g/mol. The summed E-state index contributed by atoms with van der Waals surface area (Å²) in [6, 6.07) is 4.90. The van der Waals surface area contributed by atoms with Crippen LogP contribution >= 0.6 is 11.6 Å². The van der Waals surface area contributed by atoms with Crippen LogP contribution in [0.3, 0.4) is 0 Å². The quantitative estimate of drug-likeness (QED) is 0.624. The van der Waals surface area contributed by atoms with E-state index < -0.39 is 0 Å². The molecule has 142 valence electrons. The van der Waals surface area contributed by atoms with Crippen LogP contribution in [0.15, 0.2) is 30.6 Å². The number of hydrogen-bond donors (Lipinski definition) is 1. The lowest BCUT2D eigenvalue weighted by Gasteiger charge is -2.14. The number of nitrogens with one attached hydrogen (secondary N) is 1. The number of alkyl halides is 1. The van der Waals surface area contributed by atoms with Crippen molar-refractivity contribution in [3.05, 3.63) is 41.9 Å². The van der Waals surface area contributed by atoms with Crippen molar-refractivity contribution in [2.75, 3.05) is 32.5 Å². The lowest BCUT2D eigenvalue weighted by molar-refractivity contribution is 0.102. The molecule has 0 unspecified atom stereocenters. The van der Waals surface area contributed by atoms with Crippen molar-refractivity contribution in [3.8, 4) is 17.2 Å². The molecule has 0 bridgehead atoms. The minimum Gasteiger partial charge on any atom is -0.493 e. The molecule has 3 aromatic rings. The molecule has 8 nitrogen and oxygen atoms in total. The van der Waals surface area contributed by atoms with E-state index in [2.05, 4.69) is 15.4 Å². The number of benzene rings is 1. The molecule has 0 spiro atoms. The van der Waals surface area contributed by atoms with Crippen LogP contribution in [-0.2, 0) is 6.42 Å². The van der Waals surface area contributed by atoms with Crippen molar-refractivity contribution in [2.24, 2.45) is 0 Å². The molecule has 1 amide bonds. The molecule has 0 saturated carbocycles. The first-order valence-corrected chi connectivity index (χ1v) is 8.64. The fourth-order valence-corrected chi connectivity index (χ4v) is 2.83. The van der Waals surface area contributed by atoms with Crippen molar-refractivity contribution in [3.63, 3.8) is 0 Å². The lowest BCUT2D eigenvalue weighted by atomic mass is 10.2. The highest BCUT2D eigenvalue weighted by molar-refractivity contribution is 6.18. The summed E-state index contributed by atoms with van der Waals surface area (Å²) in [6.45, 7) is 0. The van der Waals surface area contributed by atoms with Gasteiger partial charge in [-0.15, -0.1) is 11.6 Å². The number of amides is 1. The second-order valence-corrected chi connectivity index (χ2v) is 5.98. The van der Waals surface area contributed by atoms with Gasteiger partial charge in [-0.25, -0.2) is 9.50 Å². The van der Waals surface area contributed by atoms with Gasteiger partial charge in [0.05, 0.1) is 21.3 Å². The molecular formula is C18H19ClN4O4. The summed E-state index contributed by atoms with van der Waals surface area (Å²) in [5, 5.41) is 7.06. The number of nitrogens with zero attached hydrogens (tertiary/aromatic N) is 3. The zero-order valence-electron chi connectivity index (χ0n) is 15.2. The lowest BCUT2D eigenvalue weighted by Crippen LogP contribution is -2.13. The van der Waals surface area contributed by atoms with E-state index in [1.807, 2.05) is 0 Å². The van der Waals surface area contributed by atoms with Gasteiger partial charge in [0.25, 0.3) is 5.91 Å². The molecule has 0 aliphatic carbocycles. The topological polar surface area (TPSA) is 87.0 Å². The minimum atomic E-state index is -0.381. The first-order valence-electron chi connectivity index (χ1n) is 8.11. The fourth-order valence-electron chi connectivity index (χ4n) is 2.61. The number of fused-ring (bicyclic) bond motifs is 1. The zero-order chi connectivity index (χ0) is 19.4. The maximum atomic E-state index is 12.6. The Balaban J connectivity index is 1.87. The van der Waals surface area contributed by atoms with E-state index in [0.717, 1.165) is 5.56 Å². The van der Waals surface area contributed by atoms with Crippen molar-refractivity contribution in [1.29, 1.82) is 0 Å². The highest BCUT2D eigenvalue weighted by Crippen LogP contribution is 2.40. The zero-order valence-corrected chi connectivity index (χ0v) is 15.9. The van der Waals surface area contributed by atoms with Crippen LogP contribution in [0.25, 0.3) is 5.65 Å². The smallest absolute Gasteiger partial charge is 0.276 e. The molecule has 0 aliphatic rings. The maximum absolute atomic E-state index is 12.6. The Hall–Kier alpha value is -3.00. The van der Waals surface area contributed by atoms with E-state index >= 15 is 0 Å². The van der Waals surface area contributed by atoms with E-state index in [9.17, 15) is 4.79 Å². The number of rotatable bonds is 7. The Labute approximate surface area is 161 Å². The van der Waals surface area contributed by atoms with Gasteiger partial charge in [0.15, 0.2) is 22.8 Å². The molecule has 0 aliphatic heterocycles. The van der Waals surface area contributed by atoms with Crippen LogP contribution in [0.5, 0.6) is 17.2 Å². The number of halogens is 1. The molecule has 1 aromatic carbocycles. The molecule has 0 saturated heterocycles. The SMILES string of the molecule is COc1cc(NC(=O)c2cc3ncc(CCCl)cn3n2)cc(OC)c1OC. The predicted octanol–water partition coefficient (Wildman–Crippen LogP) is 2.79. The van der Waals surface area contributed by atoms with Crippen molar-refractivity contribution in [2.45, 2.75) is 6.42 Å². The monoisotopic (exact) mass is 390 g/mol. The molecule has 0 atom stereocenters. The average molecular weight is 391 g/mol. The number of ether oxygens (including phenoxy) is 3. The van der Waals surface area contributed by atoms with Gasteiger partial charge in [0.2, 0.25) is 5.75 Å². The Kier molecular flexibility index (Phi) is 5.66. The molecule has 27 heavy (non-hydrogen) atoms. The van der Waals surface area contributed by atoms with E-state index in [1.54, 1.807) is 35.1 Å². The molecule has 3 rings (SSSR count). The Morgan fingerprint density at radius 3 is 2.44 bits per heavy atom. The second kappa shape index (κ2) is 8.13. The summed E-state index contributed by atoms with van der Waals surface area (Å²) in [4.78, 5) is 16.9. The third-order valence-corrected chi connectivity index (χ3v) is 4.09. The molecule has 2 aromatic heterocycles. The summed E-state index contributed by atoms with van der Waals surface area (Å²) in [5.41, 5.74) is 2.24. The highest BCUT2D eigenvalue weighted by Gasteiger charge is 2.17. The third-order valence-electron chi connectivity index (χ3n) is 3.91. The minimum absolute atomic E-state index is 0.235. The first-order chi connectivity index (χ1) is 13.1. The molecule has 2 heterocycles. The summed E-state index contributed by atoms with van der Waals surface area (Å²) >= 11 is 5.75. The second-order valence-electron chi connectivity index (χ2n) is 5.60. The van der Waals surface area contributed by atoms with Gasteiger partial charge in [-0.05, 0) is 12.0 Å². The van der Waals surface area contributed by atoms with Crippen LogP contribution in [-0.4, -0.2) is 47.7 Å². The fraction of sp³-hybridized carbons (Fsp3) is 0.278. The number of methoxy groups -OCH3 is 3. The highest BCUT2D eigenvalue weighted by atomic mass is 35.5. The molecule has 0 fully saturated rings. The maximum Gasteiger partial charge on any atom is 0.276 e. The van der Waals surface area contributed by atoms with Crippen LogP contribution < -0.4 is 19.5 Å². The van der Waals surface area contributed by atoms with Gasteiger partial charge in [0, 0.05) is 42.2 Å². The molecule has 9 heteroatoms. The average Bonchev–Trinajstić information content (AvgIpc) is 3.11. The van der Waals surface area contributed by atoms with Gasteiger partial charge in [-0.3, -0.25) is 4.79 Å². The van der Waals surface area contributed by atoms with Crippen molar-refractivity contribution < 1.29 is 19.0 Å². The Bertz CT molecular complexity index is 948.